The van der Waals surface area contributed by atoms with Crippen LogP contribution in [0.25, 0.3) is 0 Å². The molecule has 2 N–H and O–H groups in total. The quantitative estimate of drug-likeness (QED) is 0.0837. The summed E-state index contributed by atoms with van der Waals surface area (Å²) in [6, 6.07) is 0. The number of unbranched alkanes of at least 4 members (excludes halogenated alkanes) is 24. The van der Waals surface area contributed by atoms with E-state index in [-0.39, 0.29) is 0 Å². The average Bonchev–Trinajstić information content (AvgIpc) is 2.89. The van der Waals surface area contributed by atoms with Gasteiger partial charge in [0.25, 0.3) is 0 Å². The van der Waals surface area contributed by atoms with E-state index in [1.165, 1.54) is 148 Å². The summed E-state index contributed by atoms with van der Waals surface area (Å²) in [4.78, 5) is 10.4. The van der Waals surface area contributed by atoms with E-state index in [1.54, 1.807) is 0 Å². The van der Waals surface area contributed by atoms with Crippen molar-refractivity contribution in [2.24, 2.45) is 0 Å². The predicted octanol–water partition coefficient (Wildman–Crippen LogP) is 10.2. The Bertz CT molecular complexity index is 430. The molecule has 0 saturated carbocycles. The summed E-state index contributed by atoms with van der Waals surface area (Å²) in [5, 5.41) is 12.0. The Morgan fingerprint density at radius 1 is 0.486 bits per heavy atom. The van der Waals surface area contributed by atoms with Crippen molar-refractivity contribution in [2.75, 3.05) is 26.3 Å². The van der Waals surface area contributed by atoms with Crippen LogP contribution in [0.1, 0.15) is 180 Å². The molecule has 0 aromatic heterocycles. The van der Waals surface area contributed by atoms with E-state index in [4.69, 9.17) is 9.84 Å². The van der Waals surface area contributed by atoms with Crippen molar-refractivity contribution >= 4 is 5.97 Å². The third-order valence-electron chi connectivity index (χ3n) is 7.56. The van der Waals surface area contributed by atoms with Crippen LogP contribution in [0.4, 0.5) is 0 Å². The highest BCUT2D eigenvalue weighted by Crippen LogP contribution is 2.15. The molecular formula is C33H67NO3. The maximum absolute atomic E-state index is 10.4. The van der Waals surface area contributed by atoms with Crippen molar-refractivity contribution in [1.29, 1.82) is 0 Å². The second kappa shape index (κ2) is 33.4. The minimum atomic E-state index is -0.688. The fourth-order valence-corrected chi connectivity index (χ4v) is 5.06. The molecule has 0 aliphatic heterocycles. The zero-order chi connectivity index (χ0) is 26.9. The van der Waals surface area contributed by atoms with E-state index in [0.29, 0.717) is 6.42 Å². The lowest BCUT2D eigenvalue weighted by molar-refractivity contribution is -0.137. The van der Waals surface area contributed by atoms with E-state index < -0.39 is 5.97 Å². The Balaban J connectivity index is 3.02. The summed E-state index contributed by atoms with van der Waals surface area (Å²) in [5.74, 6) is -0.688. The molecule has 0 bridgehead atoms. The minimum absolute atomic E-state index is 0.294. The first-order valence-corrected chi connectivity index (χ1v) is 16.8. The summed E-state index contributed by atoms with van der Waals surface area (Å²) in [6.07, 6.45) is 35.9. The second-order valence-corrected chi connectivity index (χ2v) is 11.3. The predicted molar refractivity (Wildman–Crippen MR) is 162 cm³/mol. The Labute approximate surface area is 232 Å². The highest BCUT2D eigenvalue weighted by Gasteiger charge is 1.98. The fourth-order valence-electron chi connectivity index (χ4n) is 5.06. The summed E-state index contributed by atoms with van der Waals surface area (Å²) in [6.45, 7) is 5.83. The van der Waals surface area contributed by atoms with Crippen LogP contribution in [0, 0.1) is 0 Å². The number of hydrogen-bond donors (Lipinski definition) is 2. The monoisotopic (exact) mass is 526 g/mol. The van der Waals surface area contributed by atoms with Gasteiger partial charge in [-0.3, -0.25) is 4.79 Å². The van der Waals surface area contributed by atoms with E-state index >= 15 is 0 Å². The van der Waals surface area contributed by atoms with Crippen molar-refractivity contribution in [1.82, 2.24) is 5.32 Å². The van der Waals surface area contributed by atoms with Crippen LogP contribution in [-0.2, 0) is 9.53 Å². The van der Waals surface area contributed by atoms with Crippen LogP contribution in [0.5, 0.6) is 0 Å². The topological polar surface area (TPSA) is 58.6 Å². The lowest BCUT2D eigenvalue weighted by atomic mass is 10.0. The first-order valence-electron chi connectivity index (χ1n) is 16.8. The second-order valence-electron chi connectivity index (χ2n) is 11.3. The van der Waals surface area contributed by atoms with Crippen molar-refractivity contribution in [3.05, 3.63) is 0 Å². The van der Waals surface area contributed by atoms with E-state index in [9.17, 15) is 4.79 Å². The Kier molecular flexibility index (Phi) is 32.9. The number of nitrogens with one attached hydrogen (secondary N) is 1. The molecular weight excluding hydrogens is 458 g/mol. The van der Waals surface area contributed by atoms with Crippen LogP contribution >= 0.6 is 0 Å². The van der Waals surface area contributed by atoms with E-state index in [2.05, 4.69) is 12.2 Å². The van der Waals surface area contributed by atoms with Gasteiger partial charge in [-0.2, -0.15) is 0 Å². The average molecular weight is 526 g/mol. The fraction of sp³-hybridized carbons (Fsp3) is 0.970. The molecule has 0 rings (SSSR count). The Hall–Kier alpha value is -0.610. The van der Waals surface area contributed by atoms with Gasteiger partial charge in [-0.05, 0) is 25.8 Å². The Morgan fingerprint density at radius 2 is 0.865 bits per heavy atom. The summed E-state index contributed by atoms with van der Waals surface area (Å²) in [5.41, 5.74) is 0. The molecule has 0 unspecified atom stereocenters. The third-order valence-corrected chi connectivity index (χ3v) is 7.56. The normalized spacial score (nSPS) is 11.4. The van der Waals surface area contributed by atoms with Gasteiger partial charge in [0.05, 0.1) is 6.61 Å². The highest BCUT2D eigenvalue weighted by molar-refractivity contribution is 5.66. The van der Waals surface area contributed by atoms with Crippen molar-refractivity contribution in [3.63, 3.8) is 0 Å². The molecule has 0 radical (unpaired) electrons. The minimum Gasteiger partial charge on any atom is -0.481 e. The smallest absolute Gasteiger partial charge is 0.303 e. The molecule has 37 heavy (non-hydrogen) atoms. The standard InChI is InChI=1S/C33H67NO3/c1-2-3-4-5-6-7-8-9-10-11-12-13-14-15-16-17-18-19-20-21-22-23-27-31-37-32-30-34-29-26-24-25-28-33(35)36/h34H,2-32H2,1H3,(H,35,36). The number of ether oxygens (including phenoxy) is 1. The largest absolute Gasteiger partial charge is 0.481 e. The van der Waals surface area contributed by atoms with Gasteiger partial charge in [-0.15, -0.1) is 0 Å². The van der Waals surface area contributed by atoms with Gasteiger partial charge in [0, 0.05) is 19.6 Å². The number of carboxylic acid groups (broad SMARTS) is 1. The molecule has 0 atom stereocenters. The molecule has 0 saturated heterocycles. The van der Waals surface area contributed by atoms with E-state index in [0.717, 1.165) is 45.6 Å². The molecule has 0 amide bonds. The number of hydrogen-bond acceptors (Lipinski definition) is 3. The van der Waals surface area contributed by atoms with Gasteiger partial charge in [0.15, 0.2) is 0 Å². The van der Waals surface area contributed by atoms with Gasteiger partial charge >= 0.3 is 5.97 Å². The van der Waals surface area contributed by atoms with E-state index in [1.807, 2.05) is 0 Å². The van der Waals surface area contributed by atoms with Crippen LogP contribution in [0.3, 0.4) is 0 Å². The van der Waals surface area contributed by atoms with Gasteiger partial charge in [-0.1, -0.05) is 155 Å². The van der Waals surface area contributed by atoms with Crippen molar-refractivity contribution < 1.29 is 14.6 Å². The van der Waals surface area contributed by atoms with Gasteiger partial charge < -0.3 is 15.2 Å². The molecule has 0 heterocycles. The molecule has 0 spiro atoms. The zero-order valence-corrected chi connectivity index (χ0v) is 25.2. The first kappa shape index (κ1) is 36.4. The van der Waals surface area contributed by atoms with Gasteiger partial charge in [0.1, 0.15) is 0 Å². The lowest BCUT2D eigenvalue weighted by Crippen LogP contribution is -2.21. The molecule has 222 valence electrons. The molecule has 0 fully saturated rings. The first-order chi connectivity index (χ1) is 18.3. The highest BCUT2D eigenvalue weighted by atomic mass is 16.5. The molecule has 0 aliphatic rings. The number of aliphatic carboxylic acids is 1. The molecule has 0 aliphatic carbocycles. The van der Waals surface area contributed by atoms with Crippen LogP contribution in [0.15, 0.2) is 0 Å². The summed E-state index contributed by atoms with van der Waals surface area (Å²) >= 11 is 0. The SMILES string of the molecule is CCCCCCCCCCCCCCCCCCCCCCCCCOCCNCCCCCC(=O)O. The number of carboxylic acids is 1. The molecule has 0 aromatic carbocycles. The van der Waals surface area contributed by atoms with Crippen molar-refractivity contribution in [2.45, 2.75) is 180 Å². The van der Waals surface area contributed by atoms with Gasteiger partial charge in [0.2, 0.25) is 0 Å². The molecule has 4 heteroatoms. The molecule has 4 nitrogen and oxygen atoms in total. The molecule has 0 aromatic rings. The van der Waals surface area contributed by atoms with Gasteiger partial charge in [-0.25, -0.2) is 0 Å². The third kappa shape index (κ3) is 35.4. The maximum Gasteiger partial charge on any atom is 0.303 e. The zero-order valence-electron chi connectivity index (χ0n) is 25.2. The van der Waals surface area contributed by atoms with Crippen LogP contribution < -0.4 is 5.32 Å². The maximum atomic E-state index is 10.4. The Morgan fingerprint density at radius 3 is 1.27 bits per heavy atom. The lowest BCUT2D eigenvalue weighted by Gasteiger charge is -2.06. The summed E-state index contributed by atoms with van der Waals surface area (Å²) in [7, 11) is 0. The number of carbonyl (C=O) groups is 1. The number of rotatable bonds is 33. The summed E-state index contributed by atoms with van der Waals surface area (Å²) < 4.78 is 5.70. The van der Waals surface area contributed by atoms with Crippen LogP contribution in [0.2, 0.25) is 0 Å². The van der Waals surface area contributed by atoms with Crippen molar-refractivity contribution in [3.8, 4) is 0 Å². The van der Waals surface area contributed by atoms with Crippen LogP contribution in [-0.4, -0.2) is 37.4 Å².